The molecule has 0 amide bonds. The molecule has 1 fully saturated rings. The van der Waals surface area contributed by atoms with Crippen LogP contribution in [0.25, 0.3) is 5.57 Å². The Bertz CT molecular complexity index is 571. The quantitative estimate of drug-likeness (QED) is 0.429. The van der Waals surface area contributed by atoms with Crippen LogP contribution in [0.15, 0.2) is 41.4 Å². The van der Waals surface area contributed by atoms with Crippen LogP contribution in [0.5, 0.6) is 0 Å². The van der Waals surface area contributed by atoms with E-state index in [9.17, 15) is 0 Å². The molecule has 0 saturated carbocycles. The van der Waals surface area contributed by atoms with Gasteiger partial charge in [0.05, 0.1) is 26.4 Å². The van der Waals surface area contributed by atoms with Gasteiger partial charge in [-0.25, -0.2) is 0 Å². The van der Waals surface area contributed by atoms with Gasteiger partial charge in [0.15, 0.2) is 5.96 Å². The minimum absolute atomic E-state index is 0. The number of hydrogen-bond acceptors (Lipinski definition) is 3. The van der Waals surface area contributed by atoms with Crippen molar-refractivity contribution in [2.75, 3.05) is 46.0 Å². The van der Waals surface area contributed by atoms with Crippen molar-refractivity contribution in [2.24, 2.45) is 4.99 Å². The van der Waals surface area contributed by atoms with E-state index in [0.717, 1.165) is 32.0 Å². The highest BCUT2D eigenvalue weighted by Gasteiger charge is 2.18. The maximum atomic E-state index is 5.68. The number of halogens is 1. The predicted molar refractivity (Wildman–Crippen MR) is 113 cm³/mol. The van der Waals surface area contributed by atoms with Gasteiger partial charge in [-0.3, -0.25) is 4.99 Å². The zero-order valence-corrected chi connectivity index (χ0v) is 17.1. The fourth-order valence-corrected chi connectivity index (χ4v) is 3.03. The van der Waals surface area contributed by atoms with E-state index in [0.29, 0.717) is 26.4 Å². The van der Waals surface area contributed by atoms with Crippen LogP contribution < -0.4 is 5.32 Å². The lowest BCUT2D eigenvalue weighted by Gasteiger charge is -2.30. The lowest BCUT2D eigenvalue weighted by atomic mass is 10.00. The van der Waals surface area contributed by atoms with Crippen LogP contribution >= 0.6 is 24.0 Å². The van der Waals surface area contributed by atoms with E-state index < -0.39 is 0 Å². The van der Waals surface area contributed by atoms with Crippen molar-refractivity contribution in [3.8, 4) is 0 Å². The molecule has 2 aliphatic rings. The third-order valence-corrected chi connectivity index (χ3v) is 4.32. The Hall–Kier alpha value is -1.12. The third-order valence-electron chi connectivity index (χ3n) is 4.32. The molecule has 1 aromatic rings. The number of nitrogens with zero attached hydrogens (tertiary/aromatic N) is 2. The highest BCUT2D eigenvalue weighted by molar-refractivity contribution is 14.0. The number of aliphatic imine (C=N–C) groups is 1. The normalized spacial score (nSPS) is 21.3. The number of rotatable bonds is 4. The first-order valence-corrected chi connectivity index (χ1v) is 8.84. The topological polar surface area (TPSA) is 46.1 Å². The minimum atomic E-state index is 0. The molecule has 5 nitrogen and oxygen atoms in total. The van der Waals surface area contributed by atoms with E-state index in [1.54, 1.807) is 0 Å². The number of guanidine groups is 1. The summed E-state index contributed by atoms with van der Waals surface area (Å²) >= 11 is 0. The van der Waals surface area contributed by atoms with Crippen molar-refractivity contribution < 1.29 is 9.47 Å². The summed E-state index contributed by atoms with van der Waals surface area (Å²) in [6.07, 6.45) is 3.43. The van der Waals surface area contributed by atoms with Gasteiger partial charge in [0, 0.05) is 19.6 Å². The molecule has 0 bridgehead atoms. The van der Waals surface area contributed by atoms with E-state index in [1.807, 2.05) is 0 Å². The molecule has 1 saturated heterocycles. The Kier molecular flexibility index (Phi) is 8.71. The average molecular weight is 457 g/mol. The zero-order valence-electron chi connectivity index (χ0n) is 14.8. The molecule has 1 unspecified atom stereocenters. The first kappa shape index (κ1) is 20.2. The first-order chi connectivity index (χ1) is 11.9. The summed E-state index contributed by atoms with van der Waals surface area (Å²) in [5, 5.41) is 3.40. The van der Waals surface area contributed by atoms with Gasteiger partial charge in [-0.1, -0.05) is 36.4 Å². The summed E-state index contributed by atoms with van der Waals surface area (Å²) in [7, 11) is 0. The molecular formula is C19H28IN3O2. The molecule has 25 heavy (non-hydrogen) atoms. The molecule has 0 aliphatic carbocycles. The smallest absolute Gasteiger partial charge is 0.194 e. The fourth-order valence-electron chi connectivity index (χ4n) is 3.03. The lowest BCUT2D eigenvalue weighted by Crippen LogP contribution is -2.44. The summed E-state index contributed by atoms with van der Waals surface area (Å²) < 4.78 is 11.1. The molecule has 0 radical (unpaired) electrons. The average Bonchev–Trinajstić information content (AvgIpc) is 2.67. The second-order valence-corrected chi connectivity index (χ2v) is 6.05. The molecule has 138 valence electrons. The van der Waals surface area contributed by atoms with Crippen LogP contribution in [0.2, 0.25) is 0 Å². The van der Waals surface area contributed by atoms with Gasteiger partial charge in [0.1, 0.15) is 6.10 Å². The summed E-state index contributed by atoms with van der Waals surface area (Å²) in [5.41, 5.74) is 2.75. The van der Waals surface area contributed by atoms with E-state index in [-0.39, 0.29) is 30.1 Å². The molecule has 1 aromatic carbocycles. The monoisotopic (exact) mass is 457 g/mol. The summed E-state index contributed by atoms with van der Waals surface area (Å²) in [5.74, 6) is 0.968. The van der Waals surface area contributed by atoms with Crippen LogP contribution in [0.3, 0.4) is 0 Å². The molecule has 3 rings (SSSR count). The Balaban J connectivity index is 0.00000225. The fraction of sp³-hybridized carbons (Fsp3) is 0.526. The Morgan fingerprint density at radius 2 is 2.12 bits per heavy atom. The van der Waals surface area contributed by atoms with Crippen LogP contribution in [0.1, 0.15) is 18.9 Å². The highest BCUT2D eigenvalue weighted by atomic mass is 127. The molecular weight excluding hydrogens is 429 g/mol. The molecule has 1 N–H and O–H groups in total. The van der Waals surface area contributed by atoms with Crippen molar-refractivity contribution in [1.29, 1.82) is 0 Å². The Labute approximate surface area is 167 Å². The van der Waals surface area contributed by atoms with Crippen molar-refractivity contribution >= 4 is 35.5 Å². The van der Waals surface area contributed by atoms with Crippen molar-refractivity contribution in [1.82, 2.24) is 10.2 Å². The van der Waals surface area contributed by atoms with Gasteiger partial charge >= 0.3 is 0 Å². The summed E-state index contributed by atoms with van der Waals surface area (Å²) in [6.45, 7) is 7.49. The van der Waals surface area contributed by atoms with Crippen LogP contribution in [-0.4, -0.2) is 63.0 Å². The molecule has 0 spiro atoms. The molecule has 1 atom stereocenters. The van der Waals surface area contributed by atoms with Crippen LogP contribution in [0, 0.1) is 0 Å². The maximum absolute atomic E-state index is 5.68. The van der Waals surface area contributed by atoms with Gasteiger partial charge in [-0.15, -0.1) is 24.0 Å². The summed E-state index contributed by atoms with van der Waals surface area (Å²) in [4.78, 5) is 7.06. The van der Waals surface area contributed by atoms with Crippen molar-refractivity contribution in [3.63, 3.8) is 0 Å². The van der Waals surface area contributed by atoms with Gasteiger partial charge in [0.25, 0.3) is 0 Å². The van der Waals surface area contributed by atoms with Gasteiger partial charge in [0.2, 0.25) is 0 Å². The number of ether oxygens (including phenoxy) is 2. The zero-order chi connectivity index (χ0) is 16.6. The van der Waals surface area contributed by atoms with E-state index in [4.69, 9.17) is 14.5 Å². The molecule has 6 heteroatoms. The largest absolute Gasteiger partial charge is 0.376 e. The summed E-state index contributed by atoms with van der Waals surface area (Å²) in [6, 6.07) is 10.6. The molecule has 2 heterocycles. The van der Waals surface area contributed by atoms with Crippen LogP contribution in [-0.2, 0) is 9.47 Å². The predicted octanol–water partition coefficient (Wildman–Crippen LogP) is 2.77. The standard InChI is InChI=1S/C19H27N3O2.HI/c1-2-20-19(21-14-18-15-23-12-13-24-18)22-10-8-17(9-11-22)16-6-4-3-5-7-16;/h3-8,18H,2,9-15H2,1H3,(H,20,21);1H. The third kappa shape index (κ3) is 5.97. The number of nitrogens with one attached hydrogen (secondary N) is 1. The second kappa shape index (κ2) is 10.8. The maximum Gasteiger partial charge on any atom is 0.194 e. The van der Waals surface area contributed by atoms with Gasteiger partial charge in [-0.05, 0) is 24.5 Å². The highest BCUT2D eigenvalue weighted by Crippen LogP contribution is 2.22. The molecule has 0 aromatic heterocycles. The van der Waals surface area contributed by atoms with E-state index in [1.165, 1.54) is 11.1 Å². The minimum Gasteiger partial charge on any atom is -0.376 e. The SMILES string of the molecule is CCNC(=NCC1COCCO1)N1CC=C(c2ccccc2)CC1.I. The second-order valence-electron chi connectivity index (χ2n) is 6.05. The van der Waals surface area contributed by atoms with Crippen LogP contribution in [0.4, 0.5) is 0 Å². The van der Waals surface area contributed by atoms with Gasteiger partial charge in [-0.2, -0.15) is 0 Å². The lowest BCUT2D eigenvalue weighted by molar-refractivity contribution is -0.0833. The van der Waals surface area contributed by atoms with Crippen molar-refractivity contribution in [2.45, 2.75) is 19.4 Å². The van der Waals surface area contributed by atoms with Crippen molar-refractivity contribution in [3.05, 3.63) is 42.0 Å². The van der Waals surface area contributed by atoms with Gasteiger partial charge < -0.3 is 19.7 Å². The Morgan fingerprint density at radius 3 is 2.76 bits per heavy atom. The number of hydrogen-bond donors (Lipinski definition) is 1. The van der Waals surface area contributed by atoms with E-state index in [2.05, 4.69) is 53.5 Å². The Morgan fingerprint density at radius 1 is 1.28 bits per heavy atom. The molecule has 2 aliphatic heterocycles. The van der Waals surface area contributed by atoms with E-state index >= 15 is 0 Å². The first-order valence-electron chi connectivity index (χ1n) is 8.84. The number of benzene rings is 1.